The lowest BCUT2D eigenvalue weighted by Gasteiger charge is -2.39. The molecule has 3 aliphatic rings. The summed E-state index contributed by atoms with van der Waals surface area (Å²) in [5.74, 6) is -2.66. The van der Waals surface area contributed by atoms with Crippen LogP contribution in [0.5, 0.6) is 0 Å². The Labute approximate surface area is 237 Å². The van der Waals surface area contributed by atoms with E-state index in [9.17, 15) is 8.78 Å². The molecule has 0 N–H and O–H groups in total. The van der Waals surface area contributed by atoms with Crippen molar-refractivity contribution < 1.29 is 17.7 Å². The van der Waals surface area contributed by atoms with Gasteiger partial charge in [0.25, 0.3) is 5.92 Å². The van der Waals surface area contributed by atoms with Crippen LogP contribution in [-0.4, -0.2) is 16.0 Å². The summed E-state index contributed by atoms with van der Waals surface area (Å²) < 4.78 is 42.3. The highest BCUT2D eigenvalue weighted by Gasteiger charge is 2.54. The van der Waals surface area contributed by atoms with Crippen LogP contribution in [0.25, 0.3) is 0 Å². The van der Waals surface area contributed by atoms with Crippen molar-refractivity contribution in [3.05, 3.63) is 63.5 Å². The first kappa shape index (κ1) is 29.0. The van der Waals surface area contributed by atoms with Crippen LogP contribution in [-0.2, 0) is 38.0 Å². The highest BCUT2D eigenvalue weighted by Crippen LogP contribution is 2.60. The quantitative estimate of drug-likeness (QED) is 0.343. The van der Waals surface area contributed by atoms with E-state index in [1.165, 1.54) is 22.4 Å². The molecule has 2 aliphatic carbocycles. The van der Waals surface area contributed by atoms with Gasteiger partial charge in [0.2, 0.25) is 0 Å². The van der Waals surface area contributed by atoms with Crippen LogP contribution in [0.15, 0.2) is 24.3 Å². The molecule has 1 unspecified atom stereocenters. The van der Waals surface area contributed by atoms with Crippen molar-refractivity contribution in [1.29, 1.82) is 0 Å². The van der Waals surface area contributed by atoms with Gasteiger partial charge in [-0.2, -0.15) is 4.18 Å². The molecule has 1 aliphatic heterocycles. The molecule has 1 fully saturated rings. The second-order valence-corrected chi connectivity index (χ2v) is 16.5. The lowest BCUT2D eigenvalue weighted by molar-refractivity contribution is -0.0578. The van der Waals surface area contributed by atoms with E-state index in [0.29, 0.717) is 0 Å². The van der Waals surface area contributed by atoms with Gasteiger partial charge in [0, 0.05) is 35.0 Å². The van der Waals surface area contributed by atoms with E-state index in [-0.39, 0.29) is 50.6 Å². The van der Waals surface area contributed by atoms with Gasteiger partial charge in [-0.3, -0.25) is 4.98 Å². The number of rotatable bonds is 5. The van der Waals surface area contributed by atoms with Crippen molar-refractivity contribution >= 4 is 11.2 Å². The van der Waals surface area contributed by atoms with Crippen LogP contribution in [0.1, 0.15) is 145 Å². The third-order valence-corrected chi connectivity index (χ3v) is 11.2. The first-order valence-electron chi connectivity index (χ1n) is 14.6. The number of hydrogen-bond acceptors (Lipinski definition) is 3. The van der Waals surface area contributed by atoms with Crippen molar-refractivity contribution in [3.63, 3.8) is 0 Å². The maximum absolute atomic E-state index is 14.0. The SMILES string of the molecule is CC(C)c1nc2c(c3c1[C@@H](c1ccc(C(C)(F)F)cc1)OC31CCCC1)[C@@H](O[S+](C)C(C)(C)C)CC(C)(C)C2. The highest BCUT2D eigenvalue weighted by atomic mass is 32.2. The number of benzene rings is 1. The molecule has 5 rings (SSSR count). The average molecular weight is 559 g/mol. The summed E-state index contributed by atoms with van der Waals surface area (Å²) in [5, 5.41) is 0. The Morgan fingerprint density at radius 1 is 1.03 bits per heavy atom. The van der Waals surface area contributed by atoms with E-state index in [1.807, 2.05) is 12.1 Å². The van der Waals surface area contributed by atoms with E-state index in [1.54, 1.807) is 12.1 Å². The van der Waals surface area contributed by atoms with E-state index in [2.05, 4.69) is 54.7 Å². The van der Waals surface area contributed by atoms with Crippen LogP contribution >= 0.6 is 0 Å². The summed E-state index contributed by atoms with van der Waals surface area (Å²) in [6.45, 7) is 16.8. The average Bonchev–Trinajstić information content (AvgIpc) is 3.42. The topological polar surface area (TPSA) is 31.4 Å². The highest BCUT2D eigenvalue weighted by molar-refractivity contribution is 7.93. The molecule has 39 heavy (non-hydrogen) atoms. The fraction of sp³-hybridized carbons (Fsp3) is 0.667. The minimum atomic E-state index is -2.87. The molecule has 2 aromatic rings. The Kier molecular flexibility index (Phi) is 7.29. The minimum Gasteiger partial charge on any atom is -0.358 e. The maximum Gasteiger partial charge on any atom is 0.270 e. The number of fused-ring (bicyclic) bond motifs is 4. The molecule has 3 atom stereocenters. The standard InChI is InChI=1S/C33H46F2NO2S/c1-20(2)28-26-27(25-23(36-28)18-31(6,7)19-24(25)38-39(9)30(3,4)5)33(16-10-11-17-33)37-29(26)21-12-14-22(15-13-21)32(8,34)35/h12-15,20,24,29H,10-11,16-19H2,1-9H3/q+1/t24-,29+,39?/m0/s1. The normalized spacial score (nSPS) is 24.7. The van der Waals surface area contributed by atoms with Gasteiger partial charge < -0.3 is 4.74 Å². The predicted molar refractivity (Wildman–Crippen MR) is 156 cm³/mol. The van der Waals surface area contributed by atoms with Crippen LogP contribution in [0.3, 0.4) is 0 Å². The zero-order chi connectivity index (χ0) is 28.5. The van der Waals surface area contributed by atoms with Crippen LogP contribution in [0.2, 0.25) is 0 Å². The van der Waals surface area contributed by atoms with Gasteiger partial charge in [0.05, 0.1) is 5.60 Å². The number of nitrogens with zero attached hydrogens (tertiary/aromatic N) is 1. The number of pyridine rings is 1. The van der Waals surface area contributed by atoms with E-state index in [0.717, 1.165) is 56.7 Å². The molecule has 0 bridgehead atoms. The third kappa shape index (κ3) is 5.30. The first-order chi connectivity index (χ1) is 18.0. The lowest BCUT2D eigenvalue weighted by atomic mass is 9.70. The van der Waals surface area contributed by atoms with Gasteiger partial charge in [0.1, 0.15) is 29.6 Å². The minimum absolute atomic E-state index is 0.0283. The van der Waals surface area contributed by atoms with Crippen molar-refractivity contribution in [2.24, 2.45) is 5.41 Å². The summed E-state index contributed by atoms with van der Waals surface area (Å²) in [5.41, 5.74) is 6.66. The summed E-state index contributed by atoms with van der Waals surface area (Å²) in [6.07, 6.45) is 7.92. The molecule has 1 aromatic carbocycles. The number of halogens is 2. The van der Waals surface area contributed by atoms with Gasteiger partial charge in [-0.15, -0.1) is 0 Å². The Balaban J connectivity index is 1.73. The Hall–Kier alpha value is -1.50. The summed E-state index contributed by atoms with van der Waals surface area (Å²) in [7, 11) is 0. The monoisotopic (exact) mass is 558 g/mol. The van der Waals surface area contributed by atoms with Gasteiger partial charge in [0.15, 0.2) is 4.75 Å². The molecule has 1 spiro atoms. The zero-order valence-corrected chi connectivity index (χ0v) is 26.0. The van der Waals surface area contributed by atoms with Crippen molar-refractivity contribution in [2.45, 2.75) is 128 Å². The number of ether oxygens (including phenoxy) is 1. The van der Waals surface area contributed by atoms with Gasteiger partial charge in [-0.05, 0) is 68.9 Å². The lowest BCUT2D eigenvalue weighted by Crippen LogP contribution is -2.36. The van der Waals surface area contributed by atoms with Gasteiger partial charge in [-0.1, -0.05) is 64.8 Å². The predicted octanol–water partition coefficient (Wildman–Crippen LogP) is 9.20. The van der Waals surface area contributed by atoms with Crippen molar-refractivity contribution in [1.82, 2.24) is 4.98 Å². The fourth-order valence-corrected chi connectivity index (χ4v) is 7.54. The Bertz CT molecular complexity index is 1220. The van der Waals surface area contributed by atoms with Crippen molar-refractivity contribution in [2.75, 3.05) is 6.26 Å². The Morgan fingerprint density at radius 3 is 2.18 bits per heavy atom. The molecular formula is C33H46F2NO2S+. The Morgan fingerprint density at radius 2 is 1.64 bits per heavy atom. The summed E-state index contributed by atoms with van der Waals surface area (Å²) in [6, 6.07) is 6.77. The largest absolute Gasteiger partial charge is 0.358 e. The molecule has 0 amide bonds. The molecule has 0 radical (unpaired) electrons. The van der Waals surface area contributed by atoms with Crippen molar-refractivity contribution in [3.8, 4) is 0 Å². The second-order valence-electron chi connectivity index (χ2n) is 14.2. The molecule has 3 nitrogen and oxygen atoms in total. The van der Waals surface area contributed by atoms with Crippen LogP contribution in [0.4, 0.5) is 8.78 Å². The molecule has 1 aromatic heterocycles. The second kappa shape index (κ2) is 9.80. The first-order valence-corrected chi connectivity index (χ1v) is 16.1. The molecule has 6 heteroatoms. The van der Waals surface area contributed by atoms with Gasteiger partial charge in [-0.25, -0.2) is 8.78 Å². The summed E-state index contributed by atoms with van der Waals surface area (Å²) in [4.78, 5) is 5.41. The zero-order valence-electron chi connectivity index (χ0n) is 25.2. The maximum atomic E-state index is 14.0. The summed E-state index contributed by atoms with van der Waals surface area (Å²) >= 11 is -0.245. The van der Waals surface area contributed by atoms with E-state index in [4.69, 9.17) is 13.9 Å². The number of alkyl halides is 2. The van der Waals surface area contributed by atoms with Crippen LogP contribution < -0.4 is 0 Å². The number of aromatic nitrogens is 1. The third-order valence-electron chi connectivity index (χ3n) is 8.95. The van der Waals surface area contributed by atoms with Crippen LogP contribution in [0, 0.1) is 5.41 Å². The van der Waals surface area contributed by atoms with E-state index < -0.39 is 5.92 Å². The number of hydrogen-bond donors (Lipinski definition) is 0. The molecule has 0 saturated heterocycles. The molecule has 1 saturated carbocycles. The van der Waals surface area contributed by atoms with E-state index >= 15 is 0 Å². The molecular weight excluding hydrogens is 512 g/mol. The molecule has 214 valence electrons. The molecule has 2 heterocycles. The smallest absolute Gasteiger partial charge is 0.270 e. The van der Waals surface area contributed by atoms with Gasteiger partial charge >= 0.3 is 0 Å². The fourth-order valence-electron chi connectivity index (χ4n) is 6.73.